The first-order valence-corrected chi connectivity index (χ1v) is 7.26. The van der Waals surface area contributed by atoms with Gasteiger partial charge in [0.2, 0.25) is 0 Å². The van der Waals surface area contributed by atoms with Crippen molar-refractivity contribution < 1.29 is 9.84 Å². The highest BCUT2D eigenvalue weighted by Crippen LogP contribution is 2.37. The number of ether oxygens (including phenoxy) is 1. The van der Waals surface area contributed by atoms with E-state index in [1.165, 1.54) is 0 Å². The molecule has 2 rings (SSSR count). The van der Waals surface area contributed by atoms with E-state index >= 15 is 0 Å². The molecule has 0 amide bonds. The zero-order valence-electron chi connectivity index (χ0n) is 12.2. The molecule has 108 valence electrons. The summed E-state index contributed by atoms with van der Waals surface area (Å²) in [6.07, 6.45) is 0.530. The van der Waals surface area contributed by atoms with Crippen molar-refractivity contribution in [1.82, 2.24) is 9.55 Å². The van der Waals surface area contributed by atoms with Crippen LogP contribution in [-0.2, 0) is 13.5 Å². The summed E-state index contributed by atoms with van der Waals surface area (Å²) in [6, 6.07) is 4.12. The summed E-state index contributed by atoms with van der Waals surface area (Å²) in [5, 5.41) is 9.11. The van der Waals surface area contributed by atoms with E-state index in [9.17, 15) is 0 Å². The third-order valence-corrected chi connectivity index (χ3v) is 4.26. The minimum absolute atomic E-state index is 0.0841. The Labute approximate surface area is 127 Å². The second-order valence-electron chi connectivity index (χ2n) is 4.86. The van der Waals surface area contributed by atoms with Gasteiger partial charge in [-0.15, -0.1) is 0 Å². The van der Waals surface area contributed by atoms with Crippen LogP contribution in [0, 0.1) is 13.8 Å². The van der Waals surface area contributed by atoms with E-state index in [1.807, 2.05) is 24.6 Å². The van der Waals surface area contributed by atoms with Crippen LogP contribution in [0.15, 0.2) is 16.7 Å². The number of imidazole rings is 1. The second-order valence-corrected chi connectivity index (χ2v) is 5.61. The van der Waals surface area contributed by atoms with Crippen LogP contribution in [0.2, 0.25) is 0 Å². The molecule has 0 aliphatic heterocycles. The van der Waals surface area contributed by atoms with Crippen molar-refractivity contribution in [3.05, 3.63) is 33.7 Å². The van der Waals surface area contributed by atoms with E-state index in [-0.39, 0.29) is 6.61 Å². The van der Waals surface area contributed by atoms with Gasteiger partial charge in [-0.3, -0.25) is 0 Å². The van der Waals surface area contributed by atoms with Gasteiger partial charge in [0.05, 0.1) is 13.7 Å². The molecule has 2 aromatic rings. The van der Waals surface area contributed by atoms with E-state index < -0.39 is 0 Å². The molecule has 1 heterocycles. The summed E-state index contributed by atoms with van der Waals surface area (Å²) < 4.78 is 8.35. The molecule has 0 radical (unpaired) electrons. The fourth-order valence-corrected chi connectivity index (χ4v) is 2.89. The lowest BCUT2D eigenvalue weighted by molar-refractivity contribution is 0.295. The summed E-state index contributed by atoms with van der Waals surface area (Å²) >= 11 is 3.59. The first-order chi connectivity index (χ1) is 9.49. The molecule has 0 saturated heterocycles. The number of hydrogen-bond donors (Lipinski definition) is 1. The highest BCUT2D eigenvalue weighted by molar-refractivity contribution is 9.10. The number of aromatic nitrogens is 2. The zero-order chi connectivity index (χ0) is 14.9. The largest absolute Gasteiger partial charge is 0.496 e. The Morgan fingerprint density at radius 3 is 2.65 bits per heavy atom. The van der Waals surface area contributed by atoms with Gasteiger partial charge in [-0.1, -0.05) is 6.07 Å². The number of hydrogen-bond acceptors (Lipinski definition) is 3. The molecule has 1 aromatic carbocycles. The topological polar surface area (TPSA) is 47.3 Å². The molecule has 0 bridgehead atoms. The van der Waals surface area contributed by atoms with Gasteiger partial charge >= 0.3 is 0 Å². The fraction of sp³-hybridized carbons (Fsp3) is 0.400. The maximum Gasteiger partial charge on any atom is 0.128 e. The normalized spacial score (nSPS) is 10.9. The summed E-state index contributed by atoms with van der Waals surface area (Å²) in [5.41, 5.74) is 4.12. The number of aliphatic hydroxyl groups is 1. The van der Waals surface area contributed by atoms with Crippen LogP contribution in [0.4, 0.5) is 0 Å². The molecular formula is C15H19BrN2O2. The van der Waals surface area contributed by atoms with Crippen molar-refractivity contribution in [2.75, 3.05) is 13.7 Å². The third-order valence-electron chi connectivity index (χ3n) is 3.35. The predicted molar refractivity (Wildman–Crippen MR) is 83.2 cm³/mol. The van der Waals surface area contributed by atoms with Crippen molar-refractivity contribution in [3.8, 4) is 17.0 Å². The van der Waals surface area contributed by atoms with Gasteiger partial charge in [0.15, 0.2) is 0 Å². The van der Waals surface area contributed by atoms with Crippen LogP contribution in [-0.4, -0.2) is 28.4 Å². The van der Waals surface area contributed by atoms with Crippen LogP contribution in [0.1, 0.15) is 17.0 Å². The van der Waals surface area contributed by atoms with Crippen LogP contribution < -0.4 is 4.74 Å². The minimum atomic E-state index is 0.0841. The van der Waals surface area contributed by atoms with Gasteiger partial charge in [-0.25, -0.2) is 4.98 Å². The average Bonchev–Trinajstić information content (AvgIpc) is 2.67. The summed E-state index contributed by atoms with van der Waals surface area (Å²) in [7, 11) is 3.60. The number of benzene rings is 1. The number of aryl methyl sites for hydroxylation is 2. The molecule has 0 unspecified atom stereocenters. The molecule has 0 atom stereocenters. The molecule has 4 nitrogen and oxygen atoms in total. The Hall–Kier alpha value is -1.33. The lowest BCUT2D eigenvalue weighted by Gasteiger charge is -2.11. The van der Waals surface area contributed by atoms with E-state index in [2.05, 4.69) is 33.9 Å². The molecule has 0 saturated carbocycles. The zero-order valence-corrected chi connectivity index (χ0v) is 13.8. The lowest BCUT2D eigenvalue weighted by atomic mass is 10.0. The fourth-order valence-electron chi connectivity index (χ4n) is 2.40. The molecule has 5 heteroatoms. The molecule has 0 aliphatic carbocycles. The van der Waals surface area contributed by atoms with Gasteiger partial charge in [-0.05, 0) is 47.0 Å². The molecule has 20 heavy (non-hydrogen) atoms. The van der Waals surface area contributed by atoms with Crippen molar-refractivity contribution in [1.29, 1.82) is 0 Å². The summed E-state index contributed by atoms with van der Waals surface area (Å²) in [4.78, 5) is 4.64. The van der Waals surface area contributed by atoms with Crippen molar-refractivity contribution in [2.24, 2.45) is 7.05 Å². The number of aliphatic hydroxyl groups excluding tert-OH is 1. The van der Waals surface area contributed by atoms with Crippen LogP contribution >= 0.6 is 15.9 Å². The lowest BCUT2D eigenvalue weighted by Crippen LogP contribution is -2.00. The number of rotatable bonds is 4. The van der Waals surface area contributed by atoms with E-state index in [4.69, 9.17) is 9.84 Å². The number of nitrogens with zero attached hydrogens (tertiary/aromatic N) is 2. The molecule has 1 N–H and O–H groups in total. The standard InChI is InChI=1S/C15H19BrN2O2/c1-9-7-10(2)13(11(8-9)20-4)14-15(16)18(3)12(17-14)5-6-19/h7-8,19H,5-6H2,1-4H3. The third kappa shape index (κ3) is 2.60. The highest BCUT2D eigenvalue weighted by atomic mass is 79.9. The van der Waals surface area contributed by atoms with Gasteiger partial charge in [0, 0.05) is 19.0 Å². The quantitative estimate of drug-likeness (QED) is 0.932. The number of halogens is 1. The van der Waals surface area contributed by atoms with Crippen molar-refractivity contribution in [3.63, 3.8) is 0 Å². The van der Waals surface area contributed by atoms with Crippen LogP contribution in [0.5, 0.6) is 5.75 Å². The summed E-state index contributed by atoms with van der Waals surface area (Å²) in [5.74, 6) is 1.66. The van der Waals surface area contributed by atoms with E-state index in [0.717, 1.165) is 38.6 Å². The Morgan fingerprint density at radius 1 is 1.35 bits per heavy atom. The Balaban J connectivity index is 2.65. The van der Waals surface area contributed by atoms with E-state index in [1.54, 1.807) is 7.11 Å². The maximum absolute atomic E-state index is 9.11. The minimum Gasteiger partial charge on any atom is -0.496 e. The number of methoxy groups -OCH3 is 1. The average molecular weight is 339 g/mol. The van der Waals surface area contributed by atoms with Gasteiger partial charge in [-0.2, -0.15) is 0 Å². The Kier molecular flexibility index (Phi) is 4.50. The van der Waals surface area contributed by atoms with Crippen LogP contribution in [0.25, 0.3) is 11.3 Å². The van der Waals surface area contributed by atoms with Gasteiger partial charge in [0.1, 0.15) is 21.9 Å². The summed E-state index contributed by atoms with van der Waals surface area (Å²) in [6.45, 7) is 4.18. The molecule has 0 fully saturated rings. The van der Waals surface area contributed by atoms with E-state index in [0.29, 0.717) is 6.42 Å². The molecule has 0 spiro atoms. The highest BCUT2D eigenvalue weighted by Gasteiger charge is 2.19. The molecular weight excluding hydrogens is 320 g/mol. The van der Waals surface area contributed by atoms with Crippen molar-refractivity contribution >= 4 is 15.9 Å². The second kappa shape index (κ2) is 5.97. The molecule has 1 aromatic heterocycles. The Morgan fingerprint density at radius 2 is 2.05 bits per heavy atom. The van der Waals surface area contributed by atoms with Crippen molar-refractivity contribution in [2.45, 2.75) is 20.3 Å². The van der Waals surface area contributed by atoms with Gasteiger partial charge in [0.25, 0.3) is 0 Å². The van der Waals surface area contributed by atoms with Crippen LogP contribution in [0.3, 0.4) is 0 Å². The first kappa shape index (κ1) is 15.1. The van der Waals surface area contributed by atoms with Gasteiger partial charge < -0.3 is 14.4 Å². The molecule has 0 aliphatic rings. The smallest absolute Gasteiger partial charge is 0.128 e. The monoisotopic (exact) mass is 338 g/mol. The Bertz CT molecular complexity index is 635. The maximum atomic E-state index is 9.11. The predicted octanol–water partition coefficient (Wildman–Crippen LogP) is 3.01. The first-order valence-electron chi connectivity index (χ1n) is 6.47. The SMILES string of the molecule is COc1cc(C)cc(C)c1-c1nc(CCO)n(C)c1Br.